The van der Waals surface area contributed by atoms with E-state index in [2.05, 4.69) is 132 Å². The first-order chi connectivity index (χ1) is 22.8. The molecule has 46 heavy (non-hydrogen) atoms. The monoisotopic (exact) mass is 585 g/mol. The van der Waals surface area contributed by atoms with Gasteiger partial charge in [0.1, 0.15) is 0 Å². The first-order valence-electron chi connectivity index (χ1n) is 15.5. The Morgan fingerprint density at radius 1 is 0.348 bits per heavy atom. The van der Waals surface area contributed by atoms with Crippen LogP contribution >= 0.6 is 0 Å². The van der Waals surface area contributed by atoms with Gasteiger partial charge in [-0.3, -0.25) is 9.97 Å². The summed E-state index contributed by atoms with van der Waals surface area (Å²) in [5, 5.41) is 7.05. The molecule has 0 bridgehead atoms. The molecule has 0 spiro atoms. The number of rotatable bonds is 4. The zero-order valence-electron chi connectivity index (χ0n) is 24.9. The Bertz CT molecular complexity index is 2570. The fourth-order valence-electron chi connectivity index (χ4n) is 6.73. The number of aromatic nitrogens is 3. The lowest BCUT2D eigenvalue weighted by atomic mass is 9.93. The van der Waals surface area contributed by atoms with Crippen molar-refractivity contribution < 1.29 is 0 Å². The molecule has 0 unspecified atom stereocenters. The standard InChI is InChI=1S/C43H27N3/c1-3-13-32-28(9-1)11-7-16-34(32)30-19-22-42-39(25-30)38(26-43(46-42)35-17-8-12-29-10-2-4-14-33(29)35)31-20-21-41(45-27-31)37-23-24-44-40-18-6-5-15-36(37)40/h1-27H. The first-order valence-corrected chi connectivity index (χ1v) is 15.5. The molecule has 0 aliphatic rings. The Hall–Kier alpha value is -6.19. The summed E-state index contributed by atoms with van der Waals surface area (Å²) < 4.78 is 0. The molecule has 0 saturated carbocycles. The van der Waals surface area contributed by atoms with Gasteiger partial charge < -0.3 is 0 Å². The number of para-hydroxylation sites is 1. The maximum atomic E-state index is 5.25. The maximum absolute atomic E-state index is 5.25. The van der Waals surface area contributed by atoms with Gasteiger partial charge in [-0.25, -0.2) is 4.98 Å². The van der Waals surface area contributed by atoms with E-state index in [-0.39, 0.29) is 0 Å². The molecular weight excluding hydrogens is 558 g/mol. The van der Waals surface area contributed by atoms with Crippen molar-refractivity contribution in [3.63, 3.8) is 0 Å². The van der Waals surface area contributed by atoms with Crippen molar-refractivity contribution in [3.8, 4) is 44.8 Å². The average molecular weight is 586 g/mol. The van der Waals surface area contributed by atoms with Gasteiger partial charge in [0.05, 0.1) is 22.4 Å². The molecule has 6 aromatic carbocycles. The molecule has 9 aromatic rings. The zero-order valence-corrected chi connectivity index (χ0v) is 24.9. The third-order valence-electron chi connectivity index (χ3n) is 8.97. The van der Waals surface area contributed by atoms with E-state index < -0.39 is 0 Å². The van der Waals surface area contributed by atoms with Gasteiger partial charge in [-0.15, -0.1) is 0 Å². The predicted molar refractivity (Wildman–Crippen MR) is 192 cm³/mol. The van der Waals surface area contributed by atoms with Crippen molar-refractivity contribution >= 4 is 43.4 Å². The fraction of sp³-hybridized carbons (Fsp3) is 0. The number of benzene rings is 6. The number of nitrogens with zero attached hydrogens (tertiary/aromatic N) is 3. The van der Waals surface area contributed by atoms with Crippen LogP contribution in [0.15, 0.2) is 164 Å². The summed E-state index contributed by atoms with van der Waals surface area (Å²) in [6, 6.07) is 53.5. The van der Waals surface area contributed by atoms with Crippen LogP contribution in [0.1, 0.15) is 0 Å². The second-order valence-electron chi connectivity index (χ2n) is 11.6. The highest BCUT2D eigenvalue weighted by Crippen LogP contribution is 2.38. The summed E-state index contributed by atoms with van der Waals surface area (Å²) in [4.78, 5) is 14.8. The van der Waals surface area contributed by atoms with Crippen molar-refractivity contribution in [3.05, 3.63) is 164 Å². The van der Waals surface area contributed by atoms with E-state index >= 15 is 0 Å². The van der Waals surface area contributed by atoms with Crippen LogP contribution in [0.25, 0.3) is 88.1 Å². The molecule has 0 fully saturated rings. The lowest BCUT2D eigenvalue weighted by Crippen LogP contribution is -1.93. The SMILES string of the molecule is c1ccc2c(-c3ccc4nc(-c5cccc6ccccc56)cc(-c5ccc(-c6ccnc7ccccc67)nc5)c4c3)cccc2c1. The van der Waals surface area contributed by atoms with Gasteiger partial charge in [0.2, 0.25) is 0 Å². The van der Waals surface area contributed by atoms with Crippen LogP contribution in [-0.2, 0) is 0 Å². The van der Waals surface area contributed by atoms with Gasteiger partial charge in [0.25, 0.3) is 0 Å². The quantitative estimate of drug-likeness (QED) is 0.206. The molecule has 0 aliphatic carbocycles. The number of hydrogen-bond donors (Lipinski definition) is 0. The average Bonchev–Trinajstić information content (AvgIpc) is 3.13. The molecule has 0 radical (unpaired) electrons. The van der Waals surface area contributed by atoms with Gasteiger partial charge in [-0.2, -0.15) is 0 Å². The molecule has 3 nitrogen and oxygen atoms in total. The molecule has 0 atom stereocenters. The lowest BCUT2D eigenvalue weighted by Gasteiger charge is -2.14. The normalized spacial score (nSPS) is 11.5. The van der Waals surface area contributed by atoms with Gasteiger partial charge in [0, 0.05) is 39.9 Å². The molecular formula is C43H27N3. The summed E-state index contributed by atoms with van der Waals surface area (Å²) >= 11 is 0. The fourth-order valence-corrected chi connectivity index (χ4v) is 6.73. The Kier molecular flexibility index (Phi) is 6.14. The highest BCUT2D eigenvalue weighted by Gasteiger charge is 2.15. The van der Waals surface area contributed by atoms with Crippen LogP contribution in [0.3, 0.4) is 0 Å². The minimum absolute atomic E-state index is 0.923. The third kappa shape index (κ3) is 4.41. The largest absolute Gasteiger partial charge is 0.256 e. The number of pyridine rings is 3. The highest BCUT2D eigenvalue weighted by atomic mass is 14.7. The van der Waals surface area contributed by atoms with Crippen LogP contribution in [-0.4, -0.2) is 15.0 Å². The van der Waals surface area contributed by atoms with E-state index in [1.165, 1.54) is 27.1 Å². The highest BCUT2D eigenvalue weighted by molar-refractivity contribution is 6.04. The van der Waals surface area contributed by atoms with E-state index in [0.717, 1.165) is 61.0 Å². The molecule has 9 rings (SSSR count). The van der Waals surface area contributed by atoms with Crippen molar-refractivity contribution in [2.24, 2.45) is 0 Å². The molecule has 0 N–H and O–H groups in total. The Labute approximate surface area is 266 Å². The zero-order chi connectivity index (χ0) is 30.5. The molecule has 0 saturated heterocycles. The Morgan fingerprint density at radius 2 is 1.00 bits per heavy atom. The Balaban J connectivity index is 1.26. The van der Waals surface area contributed by atoms with Gasteiger partial charge in [-0.05, 0) is 74.6 Å². The van der Waals surface area contributed by atoms with Crippen LogP contribution in [0.2, 0.25) is 0 Å². The Morgan fingerprint density at radius 3 is 1.78 bits per heavy atom. The van der Waals surface area contributed by atoms with Crippen LogP contribution < -0.4 is 0 Å². The second kappa shape index (κ2) is 10.8. The summed E-state index contributed by atoms with van der Waals surface area (Å²) in [5.74, 6) is 0. The van der Waals surface area contributed by atoms with E-state index in [9.17, 15) is 0 Å². The van der Waals surface area contributed by atoms with Gasteiger partial charge in [-0.1, -0.05) is 115 Å². The second-order valence-corrected chi connectivity index (χ2v) is 11.6. The number of fused-ring (bicyclic) bond motifs is 4. The molecule has 3 aromatic heterocycles. The summed E-state index contributed by atoms with van der Waals surface area (Å²) in [5.41, 5.74) is 10.5. The third-order valence-corrected chi connectivity index (χ3v) is 8.97. The smallest absolute Gasteiger partial charge is 0.0722 e. The van der Waals surface area contributed by atoms with Crippen LogP contribution in [0, 0.1) is 0 Å². The number of hydrogen-bond acceptors (Lipinski definition) is 3. The van der Waals surface area contributed by atoms with Crippen molar-refractivity contribution in [2.45, 2.75) is 0 Å². The van der Waals surface area contributed by atoms with Crippen molar-refractivity contribution in [1.82, 2.24) is 15.0 Å². The van der Waals surface area contributed by atoms with Gasteiger partial charge in [0.15, 0.2) is 0 Å². The summed E-state index contributed by atoms with van der Waals surface area (Å²) in [7, 11) is 0. The molecule has 0 amide bonds. The maximum Gasteiger partial charge on any atom is 0.0722 e. The summed E-state index contributed by atoms with van der Waals surface area (Å²) in [6.07, 6.45) is 3.85. The van der Waals surface area contributed by atoms with Crippen LogP contribution in [0.5, 0.6) is 0 Å². The van der Waals surface area contributed by atoms with E-state index in [4.69, 9.17) is 9.97 Å². The van der Waals surface area contributed by atoms with E-state index in [1.807, 2.05) is 36.7 Å². The van der Waals surface area contributed by atoms with Crippen LogP contribution in [0.4, 0.5) is 0 Å². The van der Waals surface area contributed by atoms with Gasteiger partial charge >= 0.3 is 0 Å². The van der Waals surface area contributed by atoms with Crippen molar-refractivity contribution in [2.75, 3.05) is 0 Å². The molecule has 3 heterocycles. The minimum atomic E-state index is 0.923. The lowest BCUT2D eigenvalue weighted by molar-refractivity contribution is 1.32. The molecule has 0 aliphatic heterocycles. The van der Waals surface area contributed by atoms with Crippen molar-refractivity contribution in [1.29, 1.82) is 0 Å². The molecule has 3 heteroatoms. The molecule has 214 valence electrons. The van der Waals surface area contributed by atoms with E-state index in [0.29, 0.717) is 0 Å². The topological polar surface area (TPSA) is 38.7 Å². The predicted octanol–water partition coefficient (Wildman–Crippen LogP) is 11.2. The first kappa shape index (κ1) is 26.2. The summed E-state index contributed by atoms with van der Waals surface area (Å²) in [6.45, 7) is 0. The van der Waals surface area contributed by atoms with E-state index in [1.54, 1.807) is 0 Å². The minimum Gasteiger partial charge on any atom is -0.256 e.